The van der Waals surface area contributed by atoms with Gasteiger partial charge in [-0.1, -0.05) is 13.0 Å². The number of rotatable bonds is 41. The number of primary amides is 1. The van der Waals surface area contributed by atoms with Crippen molar-refractivity contribution in [2.45, 2.75) is 82.8 Å². The van der Waals surface area contributed by atoms with Gasteiger partial charge in [0.25, 0.3) is 5.91 Å². The van der Waals surface area contributed by atoms with Crippen LogP contribution in [0.1, 0.15) is 72.5 Å². The van der Waals surface area contributed by atoms with Gasteiger partial charge in [-0.25, -0.2) is 13.4 Å². The van der Waals surface area contributed by atoms with E-state index in [-0.39, 0.29) is 91.5 Å². The molecule has 3 heterocycles. The first-order valence-corrected chi connectivity index (χ1v) is 32.7. The molecule has 12 N–H and O–H groups in total. The van der Waals surface area contributed by atoms with Gasteiger partial charge in [-0.05, 0) is 87.0 Å². The number of aromatic nitrogens is 3. The monoisotopic (exact) mass is 1340 g/mol. The highest BCUT2D eigenvalue weighted by Gasteiger charge is 2.30. The lowest BCUT2D eigenvalue weighted by molar-refractivity contribution is -0.139. The summed E-state index contributed by atoms with van der Waals surface area (Å²) in [4.78, 5) is 128. The molecule has 2 aromatic carbocycles. The summed E-state index contributed by atoms with van der Waals surface area (Å²) in [6.07, 6.45) is 5.92. The third kappa shape index (κ3) is 27.4. The molecule has 32 nitrogen and oxygen atoms in total. The number of nitrogens with one attached hydrogen (secondary N) is 7. The van der Waals surface area contributed by atoms with Crippen molar-refractivity contribution in [3.63, 3.8) is 0 Å². The Labute approximate surface area is 546 Å². The van der Waals surface area contributed by atoms with E-state index in [4.69, 9.17) is 24.7 Å². The van der Waals surface area contributed by atoms with Gasteiger partial charge in [-0.3, -0.25) is 57.9 Å². The summed E-state index contributed by atoms with van der Waals surface area (Å²) in [5.74, 6) is -5.37. The zero-order valence-corrected chi connectivity index (χ0v) is 54.7. The minimum atomic E-state index is -4.47. The van der Waals surface area contributed by atoms with E-state index < -0.39 is 75.6 Å². The molecule has 0 unspecified atom stereocenters. The number of aromatic amines is 1. The van der Waals surface area contributed by atoms with Crippen molar-refractivity contribution in [3.05, 3.63) is 81.4 Å². The van der Waals surface area contributed by atoms with Crippen molar-refractivity contribution in [2.24, 2.45) is 12.8 Å². The third-order valence-electron chi connectivity index (χ3n) is 15.1. The molecule has 1 aliphatic heterocycles. The van der Waals surface area contributed by atoms with Gasteiger partial charge < -0.3 is 81.0 Å². The van der Waals surface area contributed by atoms with Gasteiger partial charge in [0.2, 0.25) is 39.1 Å². The molecule has 0 saturated carbocycles. The molecule has 0 radical (unpaired) electrons. The highest BCUT2D eigenvalue weighted by Crippen LogP contribution is 2.26. The van der Waals surface area contributed by atoms with Crippen LogP contribution in [-0.2, 0) is 71.4 Å². The number of carboxylic acid groups (broad SMARTS) is 3. The van der Waals surface area contributed by atoms with E-state index >= 15 is 0 Å². The molecule has 0 bridgehead atoms. The molecule has 2 atom stereocenters. The number of nitrogens with two attached hydrogens (primary N) is 1. The smallest absolute Gasteiger partial charge is 0.323 e. The van der Waals surface area contributed by atoms with E-state index in [1.54, 1.807) is 56.9 Å². The van der Waals surface area contributed by atoms with Crippen LogP contribution >= 0.6 is 0 Å². The maximum absolute atomic E-state index is 13.6. The molecule has 0 spiro atoms. The molecule has 1 saturated heterocycles. The lowest BCUT2D eigenvalue weighted by Gasteiger charge is -2.33. The van der Waals surface area contributed by atoms with Crippen LogP contribution in [-0.4, -0.2) is 262 Å². The maximum Gasteiger partial charge on any atom is 0.323 e. The summed E-state index contributed by atoms with van der Waals surface area (Å²) < 4.78 is 53.7. The molecule has 94 heavy (non-hydrogen) atoms. The number of anilines is 1. The molecule has 520 valence electrons. The summed E-state index contributed by atoms with van der Waals surface area (Å²) in [7, 11) is -2.82. The number of carbonyl (C=O) groups excluding carboxylic acids is 5. The second kappa shape index (κ2) is 40.2. The van der Waals surface area contributed by atoms with Crippen LogP contribution in [0, 0.1) is 13.8 Å². The number of carboxylic acids is 3. The van der Waals surface area contributed by atoms with Gasteiger partial charge in [-0.2, -0.15) is 4.72 Å². The minimum absolute atomic E-state index is 0.0389. The first-order chi connectivity index (χ1) is 44.9. The fourth-order valence-electron chi connectivity index (χ4n) is 10.2. The number of pyridine rings is 1. The molecule has 1 fully saturated rings. The molecule has 0 aliphatic carbocycles. The van der Waals surface area contributed by atoms with Gasteiger partial charge in [0.15, 0.2) is 5.95 Å². The average Bonchev–Trinajstić information content (AvgIpc) is 0.815. The Kier molecular flexibility index (Phi) is 32.7. The topological polar surface area (TPSA) is 430 Å². The minimum Gasteiger partial charge on any atom is -0.494 e. The highest BCUT2D eigenvalue weighted by atomic mass is 32.2. The quantitative estimate of drug-likeness (QED) is 0.0238. The summed E-state index contributed by atoms with van der Waals surface area (Å²) in [6, 6.07) is 5.21. The van der Waals surface area contributed by atoms with Crippen molar-refractivity contribution >= 4 is 74.3 Å². The van der Waals surface area contributed by atoms with Crippen LogP contribution in [0.15, 0.2) is 58.6 Å². The molecule has 33 heteroatoms. The number of hydrogen-bond donors (Lipinski definition) is 11. The van der Waals surface area contributed by atoms with E-state index in [0.717, 1.165) is 5.56 Å². The Bertz CT molecular complexity index is 3260. The molecular formula is C61H92N14O18S. The zero-order chi connectivity index (χ0) is 68.6. The number of fused-ring (bicyclic) bond motifs is 1. The summed E-state index contributed by atoms with van der Waals surface area (Å²) >= 11 is 0. The van der Waals surface area contributed by atoms with Gasteiger partial charge >= 0.3 is 17.9 Å². The number of ether oxygens (including phenoxy) is 4. The Morgan fingerprint density at radius 2 is 1.28 bits per heavy atom. The zero-order valence-electron chi connectivity index (χ0n) is 53.9. The van der Waals surface area contributed by atoms with Crippen LogP contribution in [0.3, 0.4) is 0 Å². The first kappa shape index (κ1) is 76.6. The van der Waals surface area contributed by atoms with Gasteiger partial charge in [0.1, 0.15) is 23.4 Å². The highest BCUT2D eigenvalue weighted by molar-refractivity contribution is 7.89. The predicted octanol–water partition coefficient (Wildman–Crippen LogP) is -0.966. The van der Waals surface area contributed by atoms with Gasteiger partial charge in [0, 0.05) is 136 Å². The SMILES string of the molecule is CCN1CCN(CC(=O)O)CCN(CC(=O)N[C@H](CCC(N)=O)C(=O)NCCCOCCOCCOCCCNC(=O)CCCOc2cc(C)c(S(=O)(=O)N[C@@H](CNC(=O)c3cn(C)c4cc(CNc5ncc[nH]5)ccc4c3=O)C(=O)O)c(C)c2)CCN(CC(=O)O)CC1. The largest absolute Gasteiger partial charge is 0.494 e. The average molecular weight is 1340 g/mol. The number of carbonyl (C=O) groups is 8. The maximum atomic E-state index is 13.6. The summed E-state index contributed by atoms with van der Waals surface area (Å²) in [5, 5.41) is 43.1. The van der Waals surface area contributed by atoms with E-state index in [9.17, 15) is 66.9 Å². The van der Waals surface area contributed by atoms with Crippen molar-refractivity contribution in [2.75, 3.05) is 150 Å². The number of amides is 5. The van der Waals surface area contributed by atoms with Crippen molar-refractivity contribution < 1.29 is 81.0 Å². The second-order valence-electron chi connectivity index (χ2n) is 22.5. The van der Waals surface area contributed by atoms with Crippen molar-refractivity contribution in [1.82, 2.24) is 60.1 Å². The van der Waals surface area contributed by atoms with Crippen LogP contribution in [0.4, 0.5) is 5.95 Å². The van der Waals surface area contributed by atoms with Crippen LogP contribution in [0.25, 0.3) is 10.9 Å². The number of likely N-dealkylation sites (N-methyl/N-ethyl adjacent to an activating group) is 1. The van der Waals surface area contributed by atoms with Gasteiger partial charge in [0.05, 0.1) is 63.1 Å². The predicted molar refractivity (Wildman–Crippen MR) is 345 cm³/mol. The molecule has 4 aromatic rings. The van der Waals surface area contributed by atoms with E-state index in [1.165, 1.54) is 32.2 Å². The van der Waals surface area contributed by atoms with Crippen molar-refractivity contribution in [1.29, 1.82) is 0 Å². The van der Waals surface area contributed by atoms with E-state index in [2.05, 4.69) is 46.2 Å². The Morgan fingerprint density at radius 1 is 0.702 bits per heavy atom. The van der Waals surface area contributed by atoms with Crippen LogP contribution in [0.2, 0.25) is 0 Å². The summed E-state index contributed by atoms with van der Waals surface area (Å²) in [6.45, 7) is 10.9. The fourth-order valence-corrected chi connectivity index (χ4v) is 11.8. The molecule has 5 rings (SSSR count). The lowest BCUT2D eigenvalue weighted by atomic mass is 10.1. The number of sulfonamides is 1. The Hall–Kier alpha value is -8.15. The van der Waals surface area contributed by atoms with Gasteiger partial charge in [-0.15, -0.1) is 0 Å². The van der Waals surface area contributed by atoms with E-state index in [1.807, 2.05) is 6.92 Å². The Morgan fingerprint density at radius 3 is 1.83 bits per heavy atom. The van der Waals surface area contributed by atoms with Crippen LogP contribution < -0.4 is 47.2 Å². The molecule has 5 amide bonds. The lowest BCUT2D eigenvalue weighted by Crippen LogP contribution is -2.52. The number of benzene rings is 2. The normalized spacial score (nSPS) is 14.6. The number of nitrogens with zero attached hydrogens (tertiary/aromatic N) is 6. The number of H-pyrrole nitrogens is 1. The second-order valence-corrected chi connectivity index (χ2v) is 24.2. The first-order valence-electron chi connectivity index (χ1n) is 31.2. The number of imidazole rings is 1. The van der Waals surface area contributed by atoms with E-state index in [0.29, 0.717) is 142 Å². The van der Waals surface area contributed by atoms with Crippen molar-refractivity contribution in [3.8, 4) is 5.75 Å². The number of aryl methyl sites for hydroxylation is 3. The molecular weight excluding hydrogens is 1250 g/mol. The third-order valence-corrected chi connectivity index (χ3v) is 16.9. The van der Waals surface area contributed by atoms with Crippen LogP contribution in [0.5, 0.6) is 5.75 Å². The molecule has 1 aliphatic rings. The Balaban J connectivity index is 0.910. The number of aliphatic carboxylic acids is 3. The standard InChI is InChI=1S/C61H92N14O18S/c1-5-72-18-20-74(40-54(79)80)24-22-73(23-25-75(21-19-72)41-55(81)82)39-53(78)69-48(12-13-51(62)76)59(85)64-15-8-27-91-30-32-92-31-29-90-26-7-14-63-52(77)9-6-28-93-45-33-42(2)57(43(3)34-45)94(88,89)70-49(60(86)87)37-67-58(84)47-38-71(4)50-35-44(10-11-46(50)56(47)83)36-68-61-65-16-17-66-61/h10-11,16-17,33-35,38,48-49,70H,5-9,12-15,18-32,36-37,39-41H2,1-4H3,(H2,62,76)(H,63,77)(H,64,85)(H,67,84)(H,69,78)(H,79,80)(H,81,82)(H,86,87)(H2,65,66,68)/t48-,49+/m1/s1. The summed E-state index contributed by atoms with van der Waals surface area (Å²) in [5.41, 5.74) is 6.43. The fraction of sp³-hybridized carbons (Fsp3) is 0.574. The molecule has 2 aromatic heterocycles. The number of hydrogen-bond acceptors (Lipinski definition) is 21.